The van der Waals surface area contributed by atoms with Crippen molar-refractivity contribution in [2.24, 2.45) is 0 Å². The summed E-state index contributed by atoms with van der Waals surface area (Å²) in [6.45, 7) is 2.74. The molecule has 1 aromatic rings. The first-order valence-corrected chi connectivity index (χ1v) is 6.43. The van der Waals surface area contributed by atoms with Gasteiger partial charge in [0.1, 0.15) is 11.6 Å². The summed E-state index contributed by atoms with van der Waals surface area (Å²) >= 11 is 0. The lowest BCUT2D eigenvalue weighted by molar-refractivity contribution is 0.0737. The Bertz CT molecular complexity index is 443. The summed E-state index contributed by atoms with van der Waals surface area (Å²) in [7, 11) is 0. The number of aromatic hydroxyl groups is 1. The van der Waals surface area contributed by atoms with Crippen molar-refractivity contribution in [1.82, 2.24) is 4.90 Å². The number of carbonyl (C=O) groups excluding carboxylic acids is 1. The molecule has 0 aromatic heterocycles. The molecular formula is C14H18FNO2. The highest BCUT2D eigenvalue weighted by molar-refractivity contribution is 5.97. The summed E-state index contributed by atoms with van der Waals surface area (Å²) in [5, 5.41) is 9.67. The van der Waals surface area contributed by atoms with E-state index in [0.29, 0.717) is 6.54 Å². The number of unbranched alkanes of at least 4 members (excludes halogenated alkanes) is 1. The number of carbonyl (C=O) groups is 1. The van der Waals surface area contributed by atoms with Gasteiger partial charge in [-0.05, 0) is 37.5 Å². The zero-order chi connectivity index (χ0) is 13.1. The lowest BCUT2D eigenvalue weighted by atomic mass is 10.1. The zero-order valence-corrected chi connectivity index (χ0v) is 10.5. The van der Waals surface area contributed by atoms with Crippen LogP contribution in [0.25, 0.3) is 0 Å². The van der Waals surface area contributed by atoms with Gasteiger partial charge in [0.25, 0.3) is 5.91 Å². The van der Waals surface area contributed by atoms with E-state index in [1.165, 1.54) is 6.07 Å². The molecule has 0 heterocycles. The van der Waals surface area contributed by atoms with E-state index in [-0.39, 0.29) is 23.3 Å². The van der Waals surface area contributed by atoms with Crippen molar-refractivity contribution in [1.29, 1.82) is 0 Å². The van der Waals surface area contributed by atoms with Crippen molar-refractivity contribution < 1.29 is 14.3 Å². The van der Waals surface area contributed by atoms with Crippen LogP contribution in [0.4, 0.5) is 4.39 Å². The van der Waals surface area contributed by atoms with E-state index in [9.17, 15) is 14.3 Å². The minimum Gasteiger partial charge on any atom is -0.507 e. The molecule has 0 saturated heterocycles. The first-order chi connectivity index (χ1) is 8.63. The van der Waals surface area contributed by atoms with E-state index in [1.807, 2.05) is 0 Å². The maximum absolute atomic E-state index is 13.2. The molecule has 0 atom stereocenters. The predicted molar refractivity (Wildman–Crippen MR) is 67.0 cm³/mol. The predicted octanol–water partition coefficient (Wildman–Crippen LogP) is 2.94. The van der Waals surface area contributed by atoms with E-state index >= 15 is 0 Å². The highest BCUT2D eigenvalue weighted by Gasteiger charge is 2.33. The first-order valence-electron chi connectivity index (χ1n) is 6.43. The van der Waals surface area contributed by atoms with Crippen LogP contribution in [0, 0.1) is 5.82 Å². The monoisotopic (exact) mass is 251 g/mol. The highest BCUT2D eigenvalue weighted by atomic mass is 19.1. The quantitative estimate of drug-likeness (QED) is 0.874. The molecule has 1 aliphatic carbocycles. The summed E-state index contributed by atoms with van der Waals surface area (Å²) in [5.41, 5.74) is 0.0676. The lowest BCUT2D eigenvalue weighted by Crippen LogP contribution is -2.34. The molecule has 18 heavy (non-hydrogen) atoms. The second-order valence-corrected chi connectivity index (χ2v) is 4.74. The van der Waals surface area contributed by atoms with Gasteiger partial charge in [0, 0.05) is 12.6 Å². The molecule has 2 rings (SSSR count). The average Bonchev–Trinajstić information content (AvgIpc) is 3.17. The lowest BCUT2D eigenvalue weighted by Gasteiger charge is -2.22. The second-order valence-electron chi connectivity index (χ2n) is 4.74. The fraction of sp³-hybridized carbons (Fsp3) is 0.500. The van der Waals surface area contributed by atoms with Gasteiger partial charge in [-0.3, -0.25) is 4.79 Å². The van der Waals surface area contributed by atoms with Gasteiger partial charge in [0.2, 0.25) is 0 Å². The Hall–Kier alpha value is -1.58. The number of phenols is 1. The Morgan fingerprint density at radius 1 is 1.50 bits per heavy atom. The summed E-state index contributed by atoms with van der Waals surface area (Å²) in [6, 6.07) is 3.76. The molecule has 0 bridgehead atoms. The molecule has 1 fully saturated rings. The van der Waals surface area contributed by atoms with Crippen LogP contribution in [0.3, 0.4) is 0 Å². The third-order valence-electron chi connectivity index (χ3n) is 3.19. The third-order valence-corrected chi connectivity index (χ3v) is 3.19. The molecule has 1 amide bonds. The minimum atomic E-state index is -0.498. The Morgan fingerprint density at radius 2 is 2.22 bits per heavy atom. The van der Waals surface area contributed by atoms with Crippen LogP contribution >= 0.6 is 0 Å². The summed E-state index contributed by atoms with van der Waals surface area (Å²) in [6.07, 6.45) is 3.95. The van der Waals surface area contributed by atoms with Gasteiger partial charge >= 0.3 is 0 Å². The molecule has 1 saturated carbocycles. The van der Waals surface area contributed by atoms with Crippen molar-refractivity contribution >= 4 is 5.91 Å². The molecule has 0 spiro atoms. The Kier molecular flexibility index (Phi) is 3.84. The van der Waals surface area contributed by atoms with Gasteiger partial charge in [0.15, 0.2) is 0 Å². The largest absolute Gasteiger partial charge is 0.507 e. The number of benzene rings is 1. The standard InChI is InChI=1S/C14H18FNO2/c1-2-3-8-16(11-5-6-11)14(18)12-9-10(15)4-7-13(12)17/h4,7,9,11,17H,2-3,5-6,8H2,1H3. The van der Waals surface area contributed by atoms with Gasteiger partial charge < -0.3 is 10.0 Å². The smallest absolute Gasteiger partial charge is 0.257 e. The molecule has 3 nitrogen and oxygen atoms in total. The number of rotatable bonds is 5. The number of nitrogens with zero attached hydrogens (tertiary/aromatic N) is 1. The van der Waals surface area contributed by atoms with Crippen LogP contribution in [0.2, 0.25) is 0 Å². The van der Waals surface area contributed by atoms with E-state index in [0.717, 1.165) is 37.8 Å². The number of hydrogen-bond donors (Lipinski definition) is 1. The molecule has 4 heteroatoms. The molecule has 1 N–H and O–H groups in total. The zero-order valence-electron chi connectivity index (χ0n) is 10.5. The summed E-state index contributed by atoms with van der Waals surface area (Å²) in [4.78, 5) is 14.1. The fourth-order valence-corrected chi connectivity index (χ4v) is 2.00. The Labute approximate surface area is 106 Å². The van der Waals surface area contributed by atoms with Gasteiger partial charge in [-0.1, -0.05) is 13.3 Å². The minimum absolute atomic E-state index is 0.0676. The van der Waals surface area contributed by atoms with Gasteiger partial charge in [-0.15, -0.1) is 0 Å². The highest BCUT2D eigenvalue weighted by Crippen LogP contribution is 2.30. The molecular weight excluding hydrogens is 233 g/mol. The van der Waals surface area contributed by atoms with Crippen molar-refractivity contribution in [3.05, 3.63) is 29.6 Å². The Balaban J connectivity index is 2.19. The van der Waals surface area contributed by atoms with E-state index < -0.39 is 5.82 Å². The number of phenolic OH excluding ortho intramolecular Hbond substituents is 1. The van der Waals surface area contributed by atoms with Crippen LogP contribution < -0.4 is 0 Å². The second kappa shape index (κ2) is 5.38. The van der Waals surface area contributed by atoms with Crippen molar-refractivity contribution in [3.8, 4) is 5.75 Å². The maximum atomic E-state index is 13.2. The first kappa shape index (κ1) is 12.9. The van der Waals surface area contributed by atoms with Crippen LogP contribution in [0.15, 0.2) is 18.2 Å². The van der Waals surface area contributed by atoms with Gasteiger partial charge in [0.05, 0.1) is 5.56 Å². The molecule has 1 aliphatic rings. The normalized spacial score (nSPS) is 14.6. The van der Waals surface area contributed by atoms with Crippen LogP contribution in [-0.2, 0) is 0 Å². The molecule has 0 unspecified atom stereocenters. The average molecular weight is 251 g/mol. The third kappa shape index (κ3) is 2.81. The van der Waals surface area contributed by atoms with Crippen molar-refractivity contribution in [2.75, 3.05) is 6.54 Å². The number of amides is 1. The molecule has 0 radical (unpaired) electrons. The fourth-order valence-electron chi connectivity index (χ4n) is 2.00. The maximum Gasteiger partial charge on any atom is 0.257 e. The summed E-state index contributed by atoms with van der Waals surface area (Å²) < 4.78 is 13.2. The van der Waals surface area contributed by atoms with Gasteiger partial charge in [-0.25, -0.2) is 4.39 Å². The number of hydrogen-bond acceptors (Lipinski definition) is 2. The van der Waals surface area contributed by atoms with E-state index in [4.69, 9.17) is 0 Å². The van der Waals surface area contributed by atoms with Crippen molar-refractivity contribution in [2.45, 2.75) is 38.6 Å². The topological polar surface area (TPSA) is 40.5 Å². The Morgan fingerprint density at radius 3 is 2.83 bits per heavy atom. The van der Waals surface area contributed by atoms with Crippen LogP contribution in [0.5, 0.6) is 5.75 Å². The van der Waals surface area contributed by atoms with E-state index in [2.05, 4.69) is 6.92 Å². The van der Waals surface area contributed by atoms with Gasteiger partial charge in [-0.2, -0.15) is 0 Å². The SMILES string of the molecule is CCCCN(C(=O)c1cc(F)ccc1O)C1CC1. The van der Waals surface area contributed by atoms with E-state index in [1.54, 1.807) is 4.90 Å². The van der Waals surface area contributed by atoms with Crippen LogP contribution in [0.1, 0.15) is 43.0 Å². The molecule has 98 valence electrons. The molecule has 1 aromatic carbocycles. The van der Waals surface area contributed by atoms with Crippen LogP contribution in [-0.4, -0.2) is 28.5 Å². The summed E-state index contributed by atoms with van der Waals surface area (Å²) in [5.74, 6) is -0.908. The number of halogens is 1. The van der Waals surface area contributed by atoms with Crippen molar-refractivity contribution in [3.63, 3.8) is 0 Å². The molecule has 0 aliphatic heterocycles.